The van der Waals surface area contributed by atoms with Crippen LogP contribution >= 0.6 is 0 Å². The van der Waals surface area contributed by atoms with E-state index in [1.807, 2.05) is 48.2 Å². The lowest BCUT2D eigenvalue weighted by molar-refractivity contribution is 0.0742. The Morgan fingerprint density at radius 2 is 1.88 bits per heavy atom. The molecular weight excluding hydrogens is 328 g/mol. The molecule has 0 saturated carbocycles. The molecule has 1 aliphatic heterocycles. The van der Waals surface area contributed by atoms with Gasteiger partial charge in [0.05, 0.1) is 18.3 Å². The van der Waals surface area contributed by atoms with Crippen LogP contribution in [-0.2, 0) is 0 Å². The maximum atomic E-state index is 13.0. The smallest absolute Gasteiger partial charge is 0.275 e. The summed E-state index contributed by atoms with van der Waals surface area (Å²) in [5, 5.41) is 8.12. The van der Waals surface area contributed by atoms with Gasteiger partial charge in [0.2, 0.25) is 0 Å². The maximum absolute atomic E-state index is 13.0. The lowest BCUT2D eigenvalue weighted by atomic mass is 10.1. The minimum absolute atomic E-state index is 0.0125. The van der Waals surface area contributed by atoms with Crippen molar-refractivity contribution >= 4 is 22.5 Å². The highest BCUT2D eigenvalue weighted by molar-refractivity contribution is 6.04. The number of carbonyl (C=O) groups is 1. The first-order chi connectivity index (χ1) is 12.7. The first-order valence-electron chi connectivity index (χ1n) is 8.79. The molecule has 1 aliphatic rings. The Morgan fingerprint density at radius 3 is 2.65 bits per heavy atom. The first kappa shape index (κ1) is 16.4. The predicted octanol–water partition coefficient (Wildman–Crippen LogP) is 2.84. The molecule has 1 aromatic heterocycles. The SMILES string of the molecule is COc1ccccc1N1CCN(C(=O)c2n[nH]c3ccc(C)cc23)CC1. The molecule has 3 aromatic rings. The van der Waals surface area contributed by atoms with Gasteiger partial charge in [-0.3, -0.25) is 9.89 Å². The van der Waals surface area contributed by atoms with Gasteiger partial charge in [-0.15, -0.1) is 0 Å². The van der Waals surface area contributed by atoms with Crippen LogP contribution in [0.25, 0.3) is 10.9 Å². The van der Waals surface area contributed by atoms with Crippen LogP contribution in [0.15, 0.2) is 42.5 Å². The van der Waals surface area contributed by atoms with Gasteiger partial charge in [-0.2, -0.15) is 5.10 Å². The van der Waals surface area contributed by atoms with Gasteiger partial charge in [-0.25, -0.2) is 0 Å². The van der Waals surface area contributed by atoms with E-state index in [9.17, 15) is 4.79 Å². The van der Waals surface area contributed by atoms with Crippen LogP contribution < -0.4 is 9.64 Å². The van der Waals surface area contributed by atoms with Crippen molar-refractivity contribution in [2.45, 2.75) is 6.92 Å². The van der Waals surface area contributed by atoms with Crippen LogP contribution in [0.1, 0.15) is 16.1 Å². The molecule has 0 spiro atoms. The highest BCUT2D eigenvalue weighted by atomic mass is 16.5. The molecular formula is C20H22N4O2. The zero-order chi connectivity index (χ0) is 18.1. The number of hydrogen-bond acceptors (Lipinski definition) is 4. The Hall–Kier alpha value is -3.02. The van der Waals surface area contributed by atoms with E-state index in [4.69, 9.17) is 4.74 Å². The lowest BCUT2D eigenvalue weighted by Crippen LogP contribution is -2.49. The summed E-state index contributed by atoms with van der Waals surface area (Å²) in [6, 6.07) is 14.0. The van der Waals surface area contributed by atoms with E-state index in [-0.39, 0.29) is 5.91 Å². The number of anilines is 1. The largest absolute Gasteiger partial charge is 0.495 e. The average molecular weight is 350 g/mol. The molecule has 6 nitrogen and oxygen atoms in total. The number of fused-ring (bicyclic) bond motifs is 1. The molecule has 1 saturated heterocycles. The number of H-pyrrole nitrogens is 1. The number of nitrogens with one attached hydrogen (secondary N) is 1. The van der Waals surface area contributed by atoms with Crippen molar-refractivity contribution in [3.05, 3.63) is 53.7 Å². The fourth-order valence-corrected chi connectivity index (χ4v) is 3.48. The molecule has 0 radical (unpaired) electrons. The number of amides is 1. The molecule has 1 N–H and O–H groups in total. The Kier molecular flexibility index (Phi) is 4.24. The van der Waals surface area contributed by atoms with Crippen LogP contribution in [-0.4, -0.2) is 54.3 Å². The average Bonchev–Trinajstić information content (AvgIpc) is 3.10. The van der Waals surface area contributed by atoms with E-state index in [0.29, 0.717) is 18.8 Å². The minimum atomic E-state index is -0.0125. The summed E-state index contributed by atoms with van der Waals surface area (Å²) < 4.78 is 5.45. The van der Waals surface area contributed by atoms with Gasteiger partial charge >= 0.3 is 0 Å². The summed E-state index contributed by atoms with van der Waals surface area (Å²) in [6.07, 6.45) is 0. The number of aromatic amines is 1. The predicted molar refractivity (Wildman–Crippen MR) is 102 cm³/mol. The summed E-state index contributed by atoms with van der Waals surface area (Å²) in [5.74, 6) is 0.850. The van der Waals surface area contributed by atoms with E-state index in [0.717, 1.165) is 41.0 Å². The fraction of sp³-hybridized carbons (Fsp3) is 0.300. The van der Waals surface area contributed by atoms with Crippen LogP contribution in [0.4, 0.5) is 5.69 Å². The van der Waals surface area contributed by atoms with Crippen molar-refractivity contribution in [3.63, 3.8) is 0 Å². The van der Waals surface area contributed by atoms with Crippen molar-refractivity contribution in [3.8, 4) is 5.75 Å². The van der Waals surface area contributed by atoms with Crippen LogP contribution in [0, 0.1) is 6.92 Å². The van der Waals surface area contributed by atoms with Gasteiger partial charge in [-0.05, 0) is 31.2 Å². The number of rotatable bonds is 3. The molecule has 4 rings (SSSR count). The molecule has 134 valence electrons. The topological polar surface area (TPSA) is 61.5 Å². The van der Waals surface area contributed by atoms with Gasteiger partial charge in [0.15, 0.2) is 5.69 Å². The number of hydrogen-bond donors (Lipinski definition) is 1. The molecule has 1 fully saturated rings. The summed E-state index contributed by atoms with van der Waals surface area (Å²) in [4.78, 5) is 17.1. The van der Waals surface area contributed by atoms with Gasteiger partial charge in [0.25, 0.3) is 5.91 Å². The Labute approximate surface area is 152 Å². The monoisotopic (exact) mass is 350 g/mol. The number of carbonyl (C=O) groups excluding carboxylic acids is 1. The highest BCUT2D eigenvalue weighted by Gasteiger charge is 2.26. The summed E-state index contributed by atoms with van der Waals surface area (Å²) in [7, 11) is 1.68. The zero-order valence-electron chi connectivity index (χ0n) is 15.0. The third-order valence-corrected chi connectivity index (χ3v) is 4.91. The number of methoxy groups -OCH3 is 1. The maximum Gasteiger partial charge on any atom is 0.275 e. The number of para-hydroxylation sites is 2. The van der Waals surface area contributed by atoms with E-state index in [2.05, 4.69) is 21.2 Å². The fourth-order valence-electron chi connectivity index (χ4n) is 3.48. The molecule has 2 heterocycles. The second-order valence-electron chi connectivity index (χ2n) is 6.57. The number of aromatic nitrogens is 2. The molecule has 0 bridgehead atoms. The van der Waals surface area contributed by atoms with Crippen LogP contribution in [0.5, 0.6) is 5.75 Å². The van der Waals surface area contributed by atoms with Gasteiger partial charge in [0.1, 0.15) is 5.75 Å². The lowest BCUT2D eigenvalue weighted by Gasteiger charge is -2.36. The molecule has 0 atom stereocenters. The number of nitrogens with zero attached hydrogens (tertiary/aromatic N) is 3. The van der Waals surface area contributed by atoms with E-state index >= 15 is 0 Å². The van der Waals surface area contributed by atoms with Gasteiger partial charge < -0.3 is 14.5 Å². The third-order valence-electron chi connectivity index (χ3n) is 4.91. The van der Waals surface area contributed by atoms with Crippen molar-refractivity contribution in [2.24, 2.45) is 0 Å². The molecule has 1 amide bonds. The first-order valence-corrected chi connectivity index (χ1v) is 8.79. The van der Waals surface area contributed by atoms with Gasteiger partial charge in [0, 0.05) is 31.6 Å². The third kappa shape index (κ3) is 2.87. The van der Waals surface area contributed by atoms with Crippen molar-refractivity contribution in [2.75, 3.05) is 38.2 Å². The van der Waals surface area contributed by atoms with Crippen LogP contribution in [0.2, 0.25) is 0 Å². The van der Waals surface area contributed by atoms with E-state index < -0.39 is 0 Å². The van der Waals surface area contributed by atoms with Crippen molar-refractivity contribution < 1.29 is 9.53 Å². The highest BCUT2D eigenvalue weighted by Crippen LogP contribution is 2.28. The number of piperazine rings is 1. The van der Waals surface area contributed by atoms with E-state index in [1.54, 1.807) is 7.11 Å². The minimum Gasteiger partial charge on any atom is -0.495 e. The number of aryl methyl sites for hydroxylation is 1. The molecule has 0 aliphatic carbocycles. The molecule has 6 heteroatoms. The van der Waals surface area contributed by atoms with E-state index in [1.165, 1.54) is 0 Å². The second-order valence-corrected chi connectivity index (χ2v) is 6.57. The van der Waals surface area contributed by atoms with Crippen LogP contribution in [0.3, 0.4) is 0 Å². The standard InChI is InChI=1S/C20H22N4O2/c1-14-7-8-16-15(13-14)19(22-21-16)20(25)24-11-9-23(10-12-24)17-5-3-4-6-18(17)26-2/h3-8,13H,9-12H2,1-2H3,(H,21,22). The number of benzene rings is 2. The quantitative estimate of drug-likeness (QED) is 0.789. The van der Waals surface area contributed by atoms with Gasteiger partial charge in [-0.1, -0.05) is 23.8 Å². The Bertz CT molecular complexity index is 942. The normalized spacial score (nSPS) is 14.7. The zero-order valence-corrected chi connectivity index (χ0v) is 15.0. The molecule has 2 aromatic carbocycles. The Morgan fingerprint density at radius 1 is 1.12 bits per heavy atom. The molecule has 26 heavy (non-hydrogen) atoms. The summed E-state index contributed by atoms with van der Waals surface area (Å²) in [5.41, 5.74) is 3.60. The summed E-state index contributed by atoms with van der Waals surface area (Å²) in [6.45, 7) is 4.89. The van der Waals surface area contributed by atoms with Crippen molar-refractivity contribution in [1.82, 2.24) is 15.1 Å². The summed E-state index contributed by atoms with van der Waals surface area (Å²) >= 11 is 0. The molecule has 0 unspecified atom stereocenters. The second kappa shape index (κ2) is 6.71. The Balaban J connectivity index is 1.50. The number of ether oxygens (including phenoxy) is 1. The van der Waals surface area contributed by atoms with Crippen molar-refractivity contribution in [1.29, 1.82) is 0 Å².